The average molecular weight is 452 g/mol. The van der Waals surface area contributed by atoms with E-state index in [1.807, 2.05) is 0 Å². The molecule has 0 saturated heterocycles. The molecule has 7 nitrogen and oxygen atoms in total. The topological polar surface area (TPSA) is 78.3 Å². The van der Waals surface area contributed by atoms with Gasteiger partial charge >= 0.3 is 6.18 Å². The zero-order chi connectivity index (χ0) is 22.4. The van der Waals surface area contributed by atoms with Crippen LogP contribution in [-0.2, 0) is 17.6 Å². The van der Waals surface area contributed by atoms with Gasteiger partial charge in [-0.05, 0) is 42.5 Å². The largest absolute Gasteiger partial charge is 0.497 e. The Labute approximate surface area is 180 Å². The predicted octanol–water partition coefficient (Wildman–Crippen LogP) is 3.71. The summed E-state index contributed by atoms with van der Waals surface area (Å²) in [5, 5.41) is 10.9. The number of ether oxygens (including phenoxy) is 2. The number of methoxy groups -OCH3 is 1. The first-order valence-electron chi connectivity index (χ1n) is 9.04. The minimum absolute atomic E-state index is 0.0347. The van der Waals surface area contributed by atoms with Crippen LogP contribution < -0.4 is 14.8 Å². The van der Waals surface area contributed by atoms with E-state index in [1.165, 1.54) is 23.7 Å². The van der Waals surface area contributed by atoms with Gasteiger partial charge in [0.1, 0.15) is 18.1 Å². The molecule has 11 heteroatoms. The standard InChI is InChI=1S/C20H19F3N4O3S/c1-24-18(28)12-31-19-26-25-17(11-30-16-8-6-15(29-2)7-9-16)27(19)14-5-3-4-13(10-14)20(21,22)23/h3-10H,11-12H2,1-2H3,(H,24,28). The molecule has 0 aliphatic heterocycles. The molecular weight excluding hydrogens is 433 g/mol. The Hall–Kier alpha value is -3.21. The summed E-state index contributed by atoms with van der Waals surface area (Å²) >= 11 is 1.06. The lowest BCUT2D eigenvalue weighted by atomic mass is 10.2. The normalized spacial score (nSPS) is 11.3. The number of thioether (sulfide) groups is 1. The van der Waals surface area contributed by atoms with Crippen molar-refractivity contribution < 1.29 is 27.4 Å². The molecule has 1 aromatic heterocycles. The molecule has 0 bridgehead atoms. The number of hydrogen-bond acceptors (Lipinski definition) is 6. The Morgan fingerprint density at radius 3 is 2.48 bits per heavy atom. The summed E-state index contributed by atoms with van der Waals surface area (Å²) in [4.78, 5) is 11.6. The van der Waals surface area contributed by atoms with Gasteiger partial charge in [0.25, 0.3) is 0 Å². The third-order valence-corrected chi connectivity index (χ3v) is 5.10. The Morgan fingerprint density at radius 2 is 1.84 bits per heavy atom. The van der Waals surface area contributed by atoms with Crippen molar-refractivity contribution in [2.45, 2.75) is 17.9 Å². The molecule has 0 unspecified atom stereocenters. The van der Waals surface area contributed by atoms with Crippen molar-refractivity contribution in [3.63, 3.8) is 0 Å². The van der Waals surface area contributed by atoms with Crippen LogP contribution in [0.15, 0.2) is 53.7 Å². The molecule has 164 valence electrons. The maximum Gasteiger partial charge on any atom is 0.416 e. The number of benzene rings is 2. The van der Waals surface area contributed by atoms with Crippen LogP contribution >= 0.6 is 11.8 Å². The Balaban J connectivity index is 1.91. The summed E-state index contributed by atoms with van der Waals surface area (Å²) in [6, 6.07) is 11.6. The number of carbonyl (C=O) groups is 1. The highest BCUT2D eigenvalue weighted by Crippen LogP contribution is 2.32. The van der Waals surface area contributed by atoms with Crippen molar-refractivity contribution in [1.82, 2.24) is 20.1 Å². The highest BCUT2D eigenvalue weighted by atomic mass is 32.2. The third-order valence-electron chi connectivity index (χ3n) is 4.17. The second kappa shape index (κ2) is 9.73. The van der Waals surface area contributed by atoms with Crippen molar-refractivity contribution in [2.24, 2.45) is 0 Å². The van der Waals surface area contributed by atoms with E-state index in [4.69, 9.17) is 9.47 Å². The van der Waals surface area contributed by atoms with E-state index >= 15 is 0 Å². The van der Waals surface area contributed by atoms with Crippen LogP contribution in [0, 0.1) is 0 Å². The monoisotopic (exact) mass is 452 g/mol. The molecule has 2 aromatic carbocycles. The van der Waals surface area contributed by atoms with Crippen molar-refractivity contribution in [3.05, 3.63) is 59.9 Å². The van der Waals surface area contributed by atoms with E-state index in [-0.39, 0.29) is 34.9 Å². The first-order chi connectivity index (χ1) is 14.8. The van der Waals surface area contributed by atoms with Gasteiger partial charge in [0.2, 0.25) is 5.91 Å². The smallest absolute Gasteiger partial charge is 0.416 e. The van der Waals surface area contributed by atoms with Gasteiger partial charge in [0.15, 0.2) is 11.0 Å². The molecule has 0 atom stereocenters. The number of nitrogens with zero attached hydrogens (tertiary/aromatic N) is 3. The first-order valence-corrected chi connectivity index (χ1v) is 10.0. The van der Waals surface area contributed by atoms with Crippen molar-refractivity contribution in [2.75, 3.05) is 19.9 Å². The number of halogens is 3. The number of alkyl halides is 3. The molecule has 1 N–H and O–H groups in total. The number of aromatic nitrogens is 3. The molecule has 31 heavy (non-hydrogen) atoms. The molecule has 1 amide bonds. The van der Waals surface area contributed by atoms with Gasteiger partial charge in [-0.15, -0.1) is 10.2 Å². The summed E-state index contributed by atoms with van der Waals surface area (Å²) in [5.74, 6) is 1.26. The van der Waals surface area contributed by atoms with Crippen molar-refractivity contribution in [1.29, 1.82) is 0 Å². The molecule has 1 heterocycles. The van der Waals surface area contributed by atoms with Gasteiger partial charge in [-0.2, -0.15) is 13.2 Å². The fraction of sp³-hybridized carbons (Fsp3) is 0.250. The second-order valence-corrected chi connectivity index (χ2v) is 7.15. The lowest BCUT2D eigenvalue weighted by Gasteiger charge is -2.13. The average Bonchev–Trinajstić information content (AvgIpc) is 3.18. The Kier molecular flexibility index (Phi) is 7.06. The highest BCUT2D eigenvalue weighted by molar-refractivity contribution is 7.99. The van der Waals surface area contributed by atoms with Crippen molar-refractivity contribution in [3.8, 4) is 17.2 Å². The van der Waals surface area contributed by atoms with Crippen LogP contribution in [0.3, 0.4) is 0 Å². The Morgan fingerprint density at radius 1 is 1.13 bits per heavy atom. The van der Waals surface area contributed by atoms with Crippen LogP contribution in [0.25, 0.3) is 5.69 Å². The highest BCUT2D eigenvalue weighted by Gasteiger charge is 2.31. The summed E-state index contributed by atoms with van der Waals surface area (Å²) < 4.78 is 51.9. The van der Waals surface area contributed by atoms with Gasteiger partial charge in [0, 0.05) is 7.05 Å². The molecule has 0 aliphatic rings. The van der Waals surface area contributed by atoms with Crippen LogP contribution in [0.5, 0.6) is 11.5 Å². The maximum absolute atomic E-state index is 13.2. The van der Waals surface area contributed by atoms with Gasteiger partial charge in [0.05, 0.1) is 24.1 Å². The molecule has 3 aromatic rings. The molecular formula is C20H19F3N4O3S. The zero-order valence-electron chi connectivity index (χ0n) is 16.6. The Bertz CT molecular complexity index is 1040. The lowest BCUT2D eigenvalue weighted by Crippen LogP contribution is -2.20. The van der Waals surface area contributed by atoms with Gasteiger partial charge in [-0.1, -0.05) is 17.8 Å². The minimum atomic E-state index is -4.50. The number of hydrogen-bond donors (Lipinski definition) is 1. The van der Waals surface area contributed by atoms with Crippen LogP contribution in [0.4, 0.5) is 13.2 Å². The zero-order valence-corrected chi connectivity index (χ0v) is 17.5. The fourth-order valence-corrected chi connectivity index (χ4v) is 3.43. The van der Waals surface area contributed by atoms with Crippen LogP contribution in [-0.4, -0.2) is 40.6 Å². The van der Waals surface area contributed by atoms with Gasteiger partial charge in [-0.3, -0.25) is 9.36 Å². The summed E-state index contributed by atoms with van der Waals surface area (Å²) in [5.41, 5.74) is -0.587. The molecule has 0 spiro atoms. The van der Waals surface area contributed by atoms with Gasteiger partial charge in [-0.25, -0.2) is 0 Å². The lowest BCUT2D eigenvalue weighted by molar-refractivity contribution is -0.137. The van der Waals surface area contributed by atoms with E-state index < -0.39 is 11.7 Å². The quantitative estimate of drug-likeness (QED) is 0.525. The number of nitrogens with one attached hydrogen (secondary N) is 1. The first kappa shape index (κ1) is 22.5. The molecule has 0 radical (unpaired) electrons. The van der Waals surface area contributed by atoms with Gasteiger partial charge < -0.3 is 14.8 Å². The summed E-state index contributed by atoms with van der Waals surface area (Å²) in [7, 11) is 3.04. The molecule has 0 fully saturated rings. The molecule has 0 aliphatic carbocycles. The van der Waals surface area contributed by atoms with E-state index in [0.29, 0.717) is 11.5 Å². The number of rotatable bonds is 8. The summed E-state index contributed by atoms with van der Waals surface area (Å²) in [6.45, 7) is -0.0455. The van der Waals surface area contributed by atoms with E-state index in [1.54, 1.807) is 31.4 Å². The van der Waals surface area contributed by atoms with Crippen molar-refractivity contribution >= 4 is 17.7 Å². The third kappa shape index (κ3) is 5.69. The summed E-state index contributed by atoms with van der Waals surface area (Å²) in [6.07, 6.45) is -4.50. The number of carbonyl (C=O) groups excluding carboxylic acids is 1. The molecule has 3 rings (SSSR count). The molecule has 0 saturated carbocycles. The second-order valence-electron chi connectivity index (χ2n) is 6.21. The minimum Gasteiger partial charge on any atom is -0.497 e. The number of amides is 1. The fourth-order valence-electron chi connectivity index (χ4n) is 2.59. The maximum atomic E-state index is 13.2. The van der Waals surface area contributed by atoms with Crippen LogP contribution in [0.1, 0.15) is 11.4 Å². The predicted molar refractivity (Wildman–Crippen MR) is 108 cm³/mol. The SMILES string of the molecule is CNC(=O)CSc1nnc(COc2ccc(OC)cc2)n1-c1cccc(C(F)(F)F)c1. The van der Waals surface area contributed by atoms with E-state index in [0.717, 1.165) is 23.9 Å². The van der Waals surface area contributed by atoms with Crippen LogP contribution in [0.2, 0.25) is 0 Å². The van der Waals surface area contributed by atoms with E-state index in [9.17, 15) is 18.0 Å². The van der Waals surface area contributed by atoms with E-state index in [2.05, 4.69) is 15.5 Å².